The first-order valence-electron chi connectivity index (χ1n) is 11.2. The summed E-state index contributed by atoms with van der Waals surface area (Å²) < 4.78 is 39.3. The lowest BCUT2D eigenvalue weighted by Gasteiger charge is -2.27. The summed E-state index contributed by atoms with van der Waals surface area (Å²) in [4.78, 5) is 11.7. The van der Waals surface area contributed by atoms with Gasteiger partial charge in [0.15, 0.2) is 0 Å². The van der Waals surface area contributed by atoms with Gasteiger partial charge >= 0.3 is 5.97 Å². The van der Waals surface area contributed by atoms with Crippen molar-refractivity contribution in [1.29, 1.82) is 5.26 Å². The van der Waals surface area contributed by atoms with Gasteiger partial charge in [-0.3, -0.25) is 4.68 Å². The Morgan fingerprint density at radius 2 is 2.03 bits per heavy atom. The van der Waals surface area contributed by atoms with E-state index in [2.05, 4.69) is 5.10 Å². The summed E-state index contributed by atoms with van der Waals surface area (Å²) in [5.74, 6) is -1.24. The molecule has 8 nitrogen and oxygen atoms in total. The van der Waals surface area contributed by atoms with Gasteiger partial charge in [0.2, 0.25) is 0 Å². The number of carboxylic acids is 1. The number of alkyl halides is 2. The van der Waals surface area contributed by atoms with E-state index in [1.165, 1.54) is 36.1 Å². The number of halogens is 2. The molecule has 2 atom stereocenters. The van der Waals surface area contributed by atoms with Crippen LogP contribution in [-0.2, 0) is 11.3 Å². The molecule has 10 heteroatoms. The fourth-order valence-electron chi connectivity index (χ4n) is 4.49. The number of aliphatic hydroxyl groups excluding tert-OH is 1. The van der Waals surface area contributed by atoms with Gasteiger partial charge in [-0.1, -0.05) is 18.9 Å². The SMILES string of the molecule is COc1cc(C(O)C(Cn2cc3cc(C#N)cc(C(=O)O)c3n2)OC2CCCC2)ccc1C(F)F. The smallest absolute Gasteiger partial charge is 0.338 e. The first-order valence-corrected chi connectivity index (χ1v) is 11.2. The quantitative estimate of drug-likeness (QED) is 0.454. The highest BCUT2D eigenvalue weighted by molar-refractivity contribution is 6.02. The summed E-state index contributed by atoms with van der Waals surface area (Å²) in [7, 11) is 1.29. The monoisotopic (exact) mass is 485 g/mol. The molecule has 1 heterocycles. The van der Waals surface area contributed by atoms with Gasteiger partial charge in [0, 0.05) is 11.6 Å². The minimum atomic E-state index is -2.72. The van der Waals surface area contributed by atoms with E-state index in [1.807, 2.05) is 6.07 Å². The Labute approximate surface area is 200 Å². The van der Waals surface area contributed by atoms with E-state index in [0.29, 0.717) is 10.9 Å². The molecular formula is C25H25F2N3O5. The van der Waals surface area contributed by atoms with E-state index in [9.17, 15) is 29.1 Å². The van der Waals surface area contributed by atoms with Gasteiger partial charge in [0.1, 0.15) is 23.5 Å². The minimum absolute atomic E-state index is 0.0314. The van der Waals surface area contributed by atoms with Crippen molar-refractivity contribution in [2.45, 2.75) is 57.0 Å². The summed E-state index contributed by atoms with van der Waals surface area (Å²) in [6, 6.07) is 8.77. The molecule has 0 spiro atoms. The third-order valence-electron chi connectivity index (χ3n) is 6.24. The molecule has 0 radical (unpaired) electrons. The van der Waals surface area contributed by atoms with E-state index in [-0.39, 0.29) is 40.6 Å². The number of nitrogens with zero attached hydrogens (tertiary/aromatic N) is 3. The highest BCUT2D eigenvalue weighted by Crippen LogP contribution is 2.34. The lowest BCUT2D eigenvalue weighted by atomic mass is 10.0. The molecule has 0 bridgehead atoms. The van der Waals surface area contributed by atoms with Crippen molar-refractivity contribution in [2.75, 3.05) is 7.11 Å². The minimum Gasteiger partial charge on any atom is -0.496 e. The van der Waals surface area contributed by atoms with Crippen LogP contribution < -0.4 is 4.74 Å². The number of nitriles is 1. The Kier molecular flexibility index (Phi) is 7.28. The number of fused-ring (bicyclic) bond motifs is 1. The molecule has 2 aromatic carbocycles. The van der Waals surface area contributed by atoms with Crippen LogP contribution in [-0.4, -0.2) is 45.3 Å². The number of carboxylic acid groups (broad SMARTS) is 1. The molecule has 0 saturated heterocycles. The fraction of sp³-hybridized carbons (Fsp3) is 0.400. The molecule has 1 fully saturated rings. The molecule has 0 aliphatic heterocycles. The third kappa shape index (κ3) is 5.26. The van der Waals surface area contributed by atoms with E-state index in [4.69, 9.17) is 9.47 Å². The van der Waals surface area contributed by atoms with Crippen molar-refractivity contribution in [3.8, 4) is 11.8 Å². The number of carbonyl (C=O) groups is 1. The van der Waals surface area contributed by atoms with Crippen molar-refractivity contribution < 1.29 is 33.3 Å². The zero-order chi connectivity index (χ0) is 25.1. The average Bonchev–Trinajstić information content (AvgIpc) is 3.51. The van der Waals surface area contributed by atoms with Crippen molar-refractivity contribution in [2.24, 2.45) is 0 Å². The number of aromatic nitrogens is 2. The number of hydrogen-bond acceptors (Lipinski definition) is 6. The molecule has 1 saturated carbocycles. The molecule has 1 aromatic heterocycles. The van der Waals surface area contributed by atoms with Crippen molar-refractivity contribution in [3.63, 3.8) is 0 Å². The largest absolute Gasteiger partial charge is 0.496 e. The van der Waals surface area contributed by atoms with Crippen LogP contribution in [0.4, 0.5) is 8.78 Å². The lowest BCUT2D eigenvalue weighted by molar-refractivity contribution is -0.0844. The van der Waals surface area contributed by atoms with Crippen LogP contribution >= 0.6 is 0 Å². The zero-order valence-corrected chi connectivity index (χ0v) is 19.0. The molecule has 184 valence electrons. The van der Waals surface area contributed by atoms with Gasteiger partial charge < -0.3 is 19.7 Å². The standard InChI is InChI=1S/C25H25F2N3O5/c1-34-20-10-15(6-7-18(20)24(26)27)23(31)21(35-17-4-2-3-5-17)13-30-12-16-8-14(11-28)9-19(25(32)33)22(16)29-30/h6-10,12,17,21,23-24,31H,2-5,13H2,1H3,(H,32,33). The van der Waals surface area contributed by atoms with E-state index < -0.39 is 24.6 Å². The topological polar surface area (TPSA) is 118 Å². The molecule has 1 aliphatic carbocycles. The van der Waals surface area contributed by atoms with Crippen molar-refractivity contribution in [1.82, 2.24) is 9.78 Å². The van der Waals surface area contributed by atoms with Crippen molar-refractivity contribution >= 4 is 16.9 Å². The maximum absolute atomic E-state index is 13.3. The second-order valence-corrected chi connectivity index (χ2v) is 8.56. The number of methoxy groups -OCH3 is 1. The van der Waals surface area contributed by atoms with E-state index >= 15 is 0 Å². The van der Waals surface area contributed by atoms with Crippen LogP contribution in [0.25, 0.3) is 10.9 Å². The van der Waals surface area contributed by atoms with Gasteiger partial charge in [-0.15, -0.1) is 0 Å². The highest BCUT2D eigenvalue weighted by atomic mass is 19.3. The Bertz CT molecular complexity index is 1260. The van der Waals surface area contributed by atoms with Crippen LogP contribution in [0.15, 0.2) is 36.5 Å². The first-order chi connectivity index (χ1) is 16.8. The summed E-state index contributed by atoms with van der Waals surface area (Å²) >= 11 is 0. The van der Waals surface area contributed by atoms with Crippen molar-refractivity contribution in [3.05, 3.63) is 58.8 Å². The number of aliphatic hydroxyl groups is 1. The van der Waals surface area contributed by atoms with Gasteiger partial charge in [-0.2, -0.15) is 10.4 Å². The van der Waals surface area contributed by atoms with Gasteiger partial charge in [-0.25, -0.2) is 13.6 Å². The summed E-state index contributed by atoms with van der Waals surface area (Å²) in [5.41, 5.74) is 0.389. The summed E-state index contributed by atoms with van der Waals surface area (Å²) in [6.07, 6.45) is 0.529. The molecule has 35 heavy (non-hydrogen) atoms. The molecule has 3 aromatic rings. The summed E-state index contributed by atoms with van der Waals surface area (Å²) in [5, 5.41) is 34.8. The average molecular weight is 485 g/mol. The Morgan fingerprint density at radius 3 is 2.66 bits per heavy atom. The van der Waals surface area contributed by atoms with Crippen LogP contribution in [0.3, 0.4) is 0 Å². The Hall–Kier alpha value is -3.55. The maximum atomic E-state index is 13.3. The number of aromatic carboxylic acids is 1. The second kappa shape index (κ2) is 10.4. The zero-order valence-electron chi connectivity index (χ0n) is 19.0. The normalized spacial score (nSPS) is 15.9. The van der Waals surface area contributed by atoms with Crippen LogP contribution in [0.1, 0.15) is 65.3 Å². The predicted octanol–water partition coefficient (Wildman–Crippen LogP) is 4.61. The van der Waals surface area contributed by atoms with Gasteiger partial charge in [-0.05, 0) is 42.7 Å². The third-order valence-corrected chi connectivity index (χ3v) is 6.24. The number of hydrogen-bond donors (Lipinski definition) is 2. The Morgan fingerprint density at radius 1 is 1.29 bits per heavy atom. The number of rotatable bonds is 9. The molecule has 2 N–H and O–H groups in total. The lowest BCUT2D eigenvalue weighted by Crippen LogP contribution is -2.31. The first kappa shape index (κ1) is 24.6. The second-order valence-electron chi connectivity index (χ2n) is 8.56. The molecular weight excluding hydrogens is 460 g/mol. The van der Waals surface area contributed by atoms with Crippen LogP contribution in [0.5, 0.6) is 5.75 Å². The number of ether oxygens (including phenoxy) is 2. The highest BCUT2D eigenvalue weighted by Gasteiger charge is 2.29. The summed E-state index contributed by atoms with van der Waals surface area (Å²) in [6.45, 7) is 0.0756. The molecule has 1 aliphatic rings. The van der Waals surface area contributed by atoms with Gasteiger partial charge in [0.25, 0.3) is 6.43 Å². The van der Waals surface area contributed by atoms with E-state index in [1.54, 1.807) is 12.3 Å². The van der Waals surface area contributed by atoms with Gasteiger partial charge in [0.05, 0.1) is 42.5 Å². The predicted molar refractivity (Wildman–Crippen MR) is 121 cm³/mol. The number of benzene rings is 2. The molecule has 4 rings (SSSR count). The molecule has 2 unspecified atom stereocenters. The molecule has 0 amide bonds. The van der Waals surface area contributed by atoms with Crippen LogP contribution in [0.2, 0.25) is 0 Å². The Balaban J connectivity index is 1.68. The van der Waals surface area contributed by atoms with Crippen LogP contribution in [0, 0.1) is 11.3 Å². The van der Waals surface area contributed by atoms with E-state index in [0.717, 1.165) is 25.7 Å². The maximum Gasteiger partial charge on any atom is 0.338 e. The fourth-order valence-corrected chi connectivity index (χ4v) is 4.49.